The van der Waals surface area contributed by atoms with E-state index in [2.05, 4.69) is 93.6 Å². The molecule has 0 N–H and O–H groups in total. The van der Waals surface area contributed by atoms with E-state index in [4.69, 9.17) is 15.0 Å². The molecule has 0 atom stereocenters. The van der Waals surface area contributed by atoms with Gasteiger partial charge in [0.2, 0.25) is 0 Å². The maximum absolute atomic E-state index is 4.75. The second-order valence-corrected chi connectivity index (χ2v) is 6.90. The van der Waals surface area contributed by atoms with Gasteiger partial charge >= 0.3 is 0 Å². The van der Waals surface area contributed by atoms with Gasteiger partial charge < -0.3 is 0 Å². The first-order chi connectivity index (χ1) is 16.1. The highest BCUT2D eigenvalue weighted by molar-refractivity contribution is 5.66. The predicted octanol–water partition coefficient (Wildman–Crippen LogP) is 8.88. The van der Waals surface area contributed by atoms with Gasteiger partial charge in [0.1, 0.15) is 0 Å². The fraction of sp³-hybridized carbons (Fsp3) is 0.300. The van der Waals surface area contributed by atoms with E-state index < -0.39 is 0 Å². The molecule has 0 amide bonds. The van der Waals surface area contributed by atoms with Gasteiger partial charge in [0.15, 0.2) is 17.5 Å². The molecule has 0 unspecified atom stereocenters. The van der Waals surface area contributed by atoms with Crippen LogP contribution in [0, 0.1) is 20.8 Å². The zero-order valence-corrected chi connectivity index (χ0v) is 21.8. The van der Waals surface area contributed by atoms with Gasteiger partial charge in [-0.25, -0.2) is 15.0 Å². The minimum absolute atomic E-state index is 0.691. The Labute approximate surface area is 201 Å². The van der Waals surface area contributed by atoms with Crippen molar-refractivity contribution in [2.45, 2.75) is 62.3 Å². The summed E-state index contributed by atoms with van der Waals surface area (Å²) in [6, 6.07) is 24.8. The first-order valence-electron chi connectivity index (χ1n) is 12.1. The van der Waals surface area contributed by atoms with Crippen LogP contribution in [0.15, 0.2) is 72.8 Å². The van der Waals surface area contributed by atoms with E-state index in [0.717, 1.165) is 16.7 Å². The molecule has 1 heterocycles. The molecule has 4 aromatic rings. The Balaban J connectivity index is 0.000000841. The number of rotatable bonds is 3. The molecule has 4 rings (SSSR count). The number of hydrogen-bond donors (Lipinski definition) is 0. The molecule has 3 aromatic carbocycles. The number of hydrogen-bond acceptors (Lipinski definition) is 3. The molecule has 0 saturated heterocycles. The van der Waals surface area contributed by atoms with Gasteiger partial charge in [-0.15, -0.1) is 0 Å². The molecular formula is C30H39N3. The van der Waals surface area contributed by atoms with Crippen LogP contribution in [0.5, 0.6) is 0 Å². The Morgan fingerprint density at radius 2 is 0.515 bits per heavy atom. The van der Waals surface area contributed by atoms with Crippen LogP contribution in [0.4, 0.5) is 0 Å². The highest BCUT2D eigenvalue weighted by Gasteiger charge is 2.12. The second kappa shape index (κ2) is 14.7. The molecule has 3 nitrogen and oxygen atoms in total. The molecule has 0 spiro atoms. The van der Waals surface area contributed by atoms with Crippen molar-refractivity contribution in [1.29, 1.82) is 0 Å². The van der Waals surface area contributed by atoms with E-state index >= 15 is 0 Å². The van der Waals surface area contributed by atoms with Crippen LogP contribution in [-0.4, -0.2) is 15.0 Å². The van der Waals surface area contributed by atoms with E-state index in [9.17, 15) is 0 Å². The van der Waals surface area contributed by atoms with Gasteiger partial charge in [-0.3, -0.25) is 0 Å². The van der Waals surface area contributed by atoms with E-state index in [1.165, 1.54) is 16.7 Å². The molecule has 0 aliphatic heterocycles. The molecule has 1 aromatic heterocycles. The van der Waals surface area contributed by atoms with Crippen LogP contribution in [0.3, 0.4) is 0 Å². The fourth-order valence-corrected chi connectivity index (χ4v) is 2.87. The van der Waals surface area contributed by atoms with Crippen LogP contribution in [0.25, 0.3) is 34.2 Å². The average Bonchev–Trinajstić information content (AvgIpc) is 2.89. The van der Waals surface area contributed by atoms with E-state index in [1.54, 1.807) is 0 Å². The summed E-state index contributed by atoms with van der Waals surface area (Å²) in [6.07, 6.45) is 0. The smallest absolute Gasteiger partial charge is 0.164 e. The molecule has 3 heteroatoms. The summed E-state index contributed by atoms with van der Waals surface area (Å²) in [6.45, 7) is 18.2. The maximum Gasteiger partial charge on any atom is 0.164 e. The predicted molar refractivity (Wildman–Crippen MR) is 144 cm³/mol. The van der Waals surface area contributed by atoms with Crippen molar-refractivity contribution in [3.05, 3.63) is 89.5 Å². The van der Waals surface area contributed by atoms with E-state index in [1.807, 2.05) is 41.5 Å². The summed E-state index contributed by atoms with van der Waals surface area (Å²) in [7, 11) is 0. The van der Waals surface area contributed by atoms with Gasteiger partial charge in [-0.05, 0) is 20.8 Å². The normalized spacial score (nSPS) is 9.36. The van der Waals surface area contributed by atoms with Crippen molar-refractivity contribution >= 4 is 0 Å². The number of benzene rings is 3. The van der Waals surface area contributed by atoms with Gasteiger partial charge in [-0.1, -0.05) is 131 Å². The third-order valence-corrected chi connectivity index (χ3v) is 4.56. The van der Waals surface area contributed by atoms with Gasteiger partial charge in [-0.2, -0.15) is 0 Å². The zero-order valence-electron chi connectivity index (χ0n) is 21.8. The fourth-order valence-electron chi connectivity index (χ4n) is 2.87. The van der Waals surface area contributed by atoms with E-state index in [-0.39, 0.29) is 0 Å². The van der Waals surface area contributed by atoms with Crippen molar-refractivity contribution < 1.29 is 0 Å². The van der Waals surface area contributed by atoms with Crippen LogP contribution in [-0.2, 0) is 0 Å². The van der Waals surface area contributed by atoms with Crippen molar-refractivity contribution in [1.82, 2.24) is 15.0 Å². The molecule has 0 bridgehead atoms. The standard InChI is InChI=1S/C24H21N3.3C2H6/c1-16-4-10-19(11-5-16)22-25-23(20-12-6-17(2)7-13-20)27-24(26-22)21-14-8-18(3)9-15-21;3*1-2/h4-15H,1-3H3;3*1-2H3. The van der Waals surface area contributed by atoms with Crippen LogP contribution in [0.2, 0.25) is 0 Å². The summed E-state index contributed by atoms with van der Waals surface area (Å²) in [5, 5.41) is 0. The third-order valence-electron chi connectivity index (χ3n) is 4.56. The highest BCUT2D eigenvalue weighted by atomic mass is 15.0. The Hall–Kier alpha value is -3.33. The van der Waals surface area contributed by atoms with Gasteiger partial charge in [0.05, 0.1) is 0 Å². The first kappa shape index (κ1) is 27.7. The van der Waals surface area contributed by atoms with E-state index in [0.29, 0.717) is 17.5 Å². The average molecular weight is 442 g/mol. The third kappa shape index (κ3) is 7.94. The molecule has 174 valence electrons. The van der Waals surface area contributed by atoms with Gasteiger partial charge in [0, 0.05) is 16.7 Å². The summed E-state index contributed by atoms with van der Waals surface area (Å²) in [5.74, 6) is 2.07. The molecular weight excluding hydrogens is 402 g/mol. The van der Waals surface area contributed by atoms with Crippen molar-refractivity contribution in [3.63, 3.8) is 0 Å². The number of nitrogens with zero attached hydrogens (tertiary/aromatic N) is 3. The Kier molecular flexibility index (Phi) is 12.3. The maximum atomic E-state index is 4.75. The quantitative estimate of drug-likeness (QED) is 0.318. The lowest BCUT2D eigenvalue weighted by Gasteiger charge is -2.09. The lowest BCUT2D eigenvalue weighted by molar-refractivity contribution is 1.07. The minimum Gasteiger partial charge on any atom is -0.208 e. The molecule has 0 aliphatic carbocycles. The molecule has 0 fully saturated rings. The first-order valence-corrected chi connectivity index (χ1v) is 12.1. The number of aromatic nitrogens is 3. The Morgan fingerprint density at radius 3 is 0.697 bits per heavy atom. The summed E-state index contributed by atoms with van der Waals surface area (Å²) < 4.78 is 0. The van der Waals surface area contributed by atoms with Crippen molar-refractivity contribution in [2.75, 3.05) is 0 Å². The number of aryl methyl sites for hydroxylation is 3. The lowest BCUT2D eigenvalue weighted by Crippen LogP contribution is -2.00. The SMILES string of the molecule is CC.CC.CC.Cc1ccc(-c2nc(-c3ccc(C)cc3)nc(-c3ccc(C)cc3)n2)cc1. The summed E-state index contributed by atoms with van der Waals surface area (Å²) in [4.78, 5) is 14.3. The Bertz CT molecular complexity index is 911. The van der Waals surface area contributed by atoms with Crippen molar-refractivity contribution in [3.8, 4) is 34.2 Å². The van der Waals surface area contributed by atoms with Gasteiger partial charge in [0.25, 0.3) is 0 Å². The summed E-state index contributed by atoms with van der Waals surface area (Å²) in [5.41, 5.74) is 6.61. The van der Waals surface area contributed by atoms with Crippen LogP contribution in [0.1, 0.15) is 58.2 Å². The monoisotopic (exact) mass is 441 g/mol. The Morgan fingerprint density at radius 1 is 0.333 bits per heavy atom. The highest BCUT2D eigenvalue weighted by Crippen LogP contribution is 2.25. The molecule has 0 radical (unpaired) electrons. The zero-order chi connectivity index (χ0) is 24.8. The second-order valence-electron chi connectivity index (χ2n) is 6.90. The lowest BCUT2D eigenvalue weighted by atomic mass is 10.1. The molecule has 0 saturated carbocycles. The van der Waals surface area contributed by atoms with Crippen LogP contribution < -0.4 is 0 Å². The largest absolute Gasteiger partial charge is 0.208 e. The topological polar surface area (TPSA) is 38.7 Å². The molecule has 0 aliphatic rings. The van der Waals surface area contributed by atoms with Crippen LogP contribution >= 0.6 is 0 Å². The molecule has 33 heavy (non-hydrogen) atoms. The van der Waals surface area contributed by atoms with Crippen molar-refractivity contribution in [2.24, 2.45) is 0 Å². The summed E-state index contributed by atoms with van der Waals surface area (Å²) >= 11 is 0. The minimum atomic E-state index is 0.691.